The monoisotopic (exact) mass is 381 g/mol. The largest absolute Gasteiger partial charge is 0.341 e. The maximum atomic E-state index is 12.6. The fraction of sp³-hybridized carbons (Fsp3) is 0.474. The quantitative estimate of drug-likeness (QED) is 0.668. The number of rotatable bonds is 5. The van der Waals surface area contributed by atoms with Crippen LogP contribution >= 0.6 is 0 Å². The minimum atomic E-state index is 0.0307. The molecule has 3 heterocycles. The molecule has 0 atom stereocenters. The van der Waals surface area contributed by atoms with Crippen LogP contribution in [0.4, 0.5) is 0 Å². The predicted octanol–water partition coefficient (Wildman–Crippen LogP) is 2.25. The minimum Gasteiger partial charge on any atom is -0.341 e. The van der Waals surface area contributed by atoms with Crippen molar-refractivity contribution < 1.29 is 9.32 Å². The molecule has 1 aromatic carbocycles. The Balaban J connectivity index is 1.35. The fourth-order valence-corrected chi connectivity index (χ4v) is 3.45. The zero-order chi connectivity index (χ0) is 19.5. The third-order valence-electron chi connectivity index (χ3n) is 5.03. The van der Waals surface area contributed by atoms with Gasteiger partial charge in [0.15, 0.2) is 5.82 Å². The first-order valence-electron chi connectivity index (χ1n) is 9.54. The van der Waals surface area contributed by atoms with E-state index in [1.165, 1.54) is 0 Å². The van der Waals surface area contributed by atoms with Crippen LogP contribution in [0.15, 0.2) is 34.9 Å². The Morgan fingerprint density at radius 3 is 2.68 bits per heavy atom. The maximum Gasteiger partial charge on any atom is 0.244 e. The molecule has 1 amide bonds. The average Bonchev–Trinajstić information content (AvgIpc) is 3.38. The molecule has 0 bridgehead atoms. The van der Waals surface area contributed by atoms with Crippen LogP contribution in [0.1, 0.15) is 50.2 Å². The summed E-state index contributed by atoms with van der Waals surface area (Å²) in [7, 11) is 0. The average molecular weight is 381 g/mol. The molecule has 1 saturated heterocycles. The first-order valence-corrected chi connectivity index (χ1v) is 9.54. The van der Waals surface area contributed by atoms with Gasteiger partial charge in [0.25, 0.3) is 0 Å². The van der Waals surface area contributed by atoms with Gasteiger partial charge in [0.2, 0.25) is 17.6 Å². The van der Waals surface area contributed by atoms with E-state index in [1.807, 2.05) is 49.1 Å². The maximum absolute atomic E-state index is 12.6. The normalized spacial score (nSPS) is 15.3. The molecule has 0 aliphatic carbocycles. The van der Waals surface area contributed by atoms with Crippen molar-refractivity contribution in [2.45, 2.75) is 45.1 Å². The lowest BCUT2D eigenvalue weighted by Gasteiger charge is -2.30. The molecule has 9 nitrogen and oxygen atoms in total. The number of benzene rings is 1. The van der Waals surface area contributed by atoms with Gasteiger partial charge in [-0.1, -0.05) is 49.3 Å². The molecular weight excluding hydrogens is 358 g/mol. The number of hydrogen-bond acceptors (Lipinski definition) is 7. The summed E-state index contributed by atoms with van der Waals surface area (Å²) in [5.74, 6) is 2.35. The van der Waals surface area contributed by atoms with E-state index in [2.05, 4.69) is 25.7 Å². The van der Waals surface area contributed by atoms with E-state index >= 15 is 0 Å². The molecule has 1 fully saturated rings. The van der Waals surface area contributed by atoms with Crippen LogP contribution in [0.5, 0.6) is 0 Å². The smallest absolute Gasteiger partial charge is 0.244 e. The number of carbonyl (C=O) groups is 1. The Hall–Kier alpha value is -3.10. The molecular formula is C19H23N7O2. The first kappa shape index (κ1) is 18.3. The number of aromatic nitrogens is 6. The zero-order valence-corrected chi connectivity index (χ0v) is 16.0. The molecule has 28 heavy (non-hydrogen) atoms. The molecule has 1 aliphatic rings. The van der Waals surface area contributed by atoms with Gasteiger partial charge in [0, 0.05) is 30.5 Å². The number of tetrazole rings is 1. The molecule has 0 spiro atoms. The molecule has 146 valence electrons. The summed E-state index contributed by atoms with van der Waals surface area (Å²) in [4.78, 5) is 19.0. The van der Waals surface area contributed by atoms with Gasteiger partial charge in [-0.2, -0.15) is 4.98 Å². The van der Waals surface area contributed by atoms with Crippen LogP contribution in [0.3, 0.4) is 0 Å². The third kappa shape index (κ3) is 3.78. The number of likely N-dealkylation sites (tertiary alicyclic amines) is 1. The summed E-state index contributed by atoms with van der Waals surface area (Å²) in [6, 6.07) is 9.77. The van der Waals surface area contributed by atoms with Gasteiger partial charge in [-0.25, -0.2) is 4.68 Å². The topological polar surface area (TPSA) is 103 Å². The highest BCUT2D eigenvalue weighted by atomic mass is 16.5. The van der Waals surface area contributed by atoms with Crippen LogP contribution in [0.2, 0.25) is 0 Å². The van der Waals surface area contributed by atoms with E-state index in [0.717, 1.165) is 24.2 Å². The molecule has 9 heteroatoms. The van der Waals surface area contributed by atoms with Gasteiger partial charge >= 0.3 is 0 Å². The predicted molar refractivity (Wildman–Crippen MR) is 100 cm³/mol. The van der Waals surface area contributed by atoms with Gasteiger partial charge in [-0.15, -0.1) is 5.10 Å². The van der Waals surface area contributed by atoms with Crippen molar-refractivity contribution in [2.24, 2.45) is 0 Å². The van der Waals surface area contributed by atoms with Crippen LogP contribution in [0.25, 0.3) is 11.4 Å². The summed E-state index contributed by atoms with van der Waals surface area (Å²) >= 11 is 0. The number of hydrogen-bond donors (Lipinski definition) is 0. The van der Waals surface area contributed by atoms with Crippen molar-refractivity contribution >= 4 is 5.91 Å². The van der Waals surface area contributed by atoms with E-state index in [0.29, 0.717) is 24.8 Å². The second-order valence-electron chi connectivity index (χ2n) is 7.33. The van der Waals surface area contributed by atoms with Crippen LogP contribution in [-0.4, -0.2) is 54.2 Å². The summed E-state index contributed by atoms with van der Waals surface area (Å²) in [6.07, 6.45) is 1.60. The van der Waals surface area contributed by atoms with E-state index in [4.69, 9.17) is 4.52 Å². The molecule has 0 N–H and O–H groups in total. The number of carbonyl (C=O) groups excluding carboxylic acids is 1. The lowest BCUT2D eigenvalue weighted by molar-refractivity contribution is -0.133. The van der Waals surface area contributed by atoms with Crippen LogP contribution in [0, 0.1) is 0 Å². The molecule has 0 saturated carbocycles. The van der Waals surface area contributed by atoms with Crippen LogP contribution in [-0.2, 0) is 11.3 Å². The zero-order valence-electron chi connectivity index (χ0n) is 16.0. The van der Waals surface area contributed by atoms with Crippen molar-refractivity contribution in [1.29, 1.82) is 0 Å². The SMILES string of the molecule is CC(C)c1nnnn1CC(=O)N1CCC(c2nc(-c3ccccc3)no2)CC1. The van der Waals surface area contributed by atoms with Crippen molar-refractivity contribution in [3.63, 3.8) is 0 Å². The van der Waals surface area contributed by atoms with Gasteiger partial charge in [0.1, 0.15) is 6.54 Å². The first-order chi connectivity index (χ1) is 13.6. The molecule has 1 aliphatic heterocycles. The van der Waals surface area contributed by atoms with E-state index in [-0.39, 0.29) is 24.3 Å². The Labute approximate surface area is 162 Å². The highest BCUT2D eigenvalue weighted by Gasteiger charge is 2.28. The van der Waals surface area contributed by atoms with Gasteiger partial charge in [-0.05, 0) is 23.3 Å². The highest BCUT2D eigenvalue weighted by Crippen LogP contribution is 2.28. The number of amides is 1. The molecule has 3 aromatic rings. The Kier molecular flexibility index (Phi) is 5.14. The highest BCUT2D eigenvalue weighted by molar-refractivity contribution is 5.76. The standard InChI is InChI=1S/C19H23N7O2/c1-13(2)18-21-23-24-26(18)12-16(27)25-10-8-15(9-11-25)19-20-17(22-28-19)14-6-4-3-5-7-14/h3-7,13,15H,8-12H2,1-2H3. The number of piperidine rings is 1. The molecule has 0 radical (unpaired) electrons. The lowest BCUT2D eigenvalue weighted by atomic mass is 9.96. The summed E-state index contributed by atoms with van der Waals surface area (Å²) in [5, 5.41) is 15.7. The van der Waals surface area contributed by atoms with Crippen LogP contribution < -0.4 is 0 Å². The second-order valence-corrected chi connectivity index (χ2v) is 7.33. The van der Waals surface area contributed by atoms with Crippen molar-refractivity contribution in [3.8, 4) is 11.4 Å². The molecule has 2 aromatic heterocycles. The fourth-order valence-electron chi connectivity index (χ4n) is 3.45. The van der Waals surface area contributed by atoms with E-state index in [9.17, 15) is 4.79 Å². The van der Waals surface area contributed by atoms with Crippen molar-refractivity contribution in [3.05, 3.63) is 42.0 Å². The van der Waals surface area contributed by atoms with Gasteiger partial charge < -0.3 is 9.42 Å². The minimum absolute atomic E-state index is 0.0307. The summed E-state index contributed by atoms with van der Waals surface area (Å²) in [5.41, 5.74) is 0.938. The van der Waals surface area contributed by atoms with E-state index < -0.39 is 0 Å². The molecule has 0 unspecified atom stereocenters. The lowest BCUT2D eigenvalue weighted by Crippen LogP contribution is -2.40. The summed E-state index contributed by atoms with van der Waals surface area (Å²) < 4.78 is 7.07. The van der Waals surface area contributed by atoms with E-state index in [1.54, 1.807) is 4.68 Å². The Bertz CT molecular complexity index is 927. The number of nitrogens with zero attached hydrogens (tertiary/aromatic N) is 7. The Morgan fingerprint density at radius 2 is 1.96 bits per heavy atom. The molecule has 4 rings (SSSR count). The third-order valence-corrected chi connectivity index (χ3v) is 5.03. The second kappa shape index (κ2) is 7.87. The van der Waals surface area contributed by atoms with Gasteiger partial charge in [0.05, 0.1) is 0 Å². The van der Waals surface area contributed by atoms with Gasteiger partial charge in [-0.3, -0.25) is 4.79 Å². The Morgan fingerprint density at radius 1 is 1.21 bits per heavy atom. The van der Waals surface area contributed by atoms with Crippen molar-refractivity contribution in [2.75, 3.05) is 13.1 Å². The van der Waals surface area contributed by atoms with Crippen molar-refractivity contribution in [1.82, 2.24) is 35.2 Å². The summed E-state index contributed by atoms with van der Waals surface area (Å²) in [6.45, 7) is 5.50.